The van der Waals surface area contributed by atoms with Crippen LogP contribution in [0.25, 0.3) is 10.9 Å². The molecule has 0 aliphatic heterocycles. The van der Waals surface area contributed by atoms with E-state index in [9.17, 15) is 0 Å². The van der Waals surface area contributed by atoms with Crippen molar-refractivity contribution >= 4 is 41.8 Å². The molecule has 0 aliphatic carbocycles. The van der Waals surface area contributed by atoms with Gasteiger partial charge in [0.25, 0.3) is 8.32 Å². The van der Waals surface area contributed by atoms with Gasteiger partial charge in [0, 0.05) is 15.2 Å². The molecule has 0 spiro atoms. The molecule has 2 aromatic rings. The first kappa shape index (κ1) is 14.8. The smallest absolute Gasteiger partial charge is 0.250 e. The lowest BCUT2D eigenvalue weighted by molar-refractivity contribution is 0.495. The molecule has 0 bridgehead atoms. The number of hydrogen-bond acceptors (Lipinski definition) is 2. The van der Waals surface area contributed by atoms with Crippen molar-refractivity contribution in [3.8, 4) is 5.75 Å². The molecule has 0 aliphatic rings. The topological polar surface area (TPSA) is 22.1 Å². The quantitative estimate of drug-likeness (QED) is 0.522. The first-order valence-electron chi connectivity index (χ1n) is 6.45. The monoisotopic (exact) mass is 385 g/mol. The van der Waals surface area contributed by atoms with Gasteiger partial charge < -0.3 is 4.43 Å². The first-order chi connectivity index (χ1) is 8.72. The van der Waals surface area contributed by atoms with Crippen molar-refractivity contribution in [2.45, 2.75) is 38.9 Å². The SMILES string of the molecule is CC(C)(C)[Si](C)(C)Oc1ccc(I)c2cccnc12. The van der Waals surface area contributed by atoms with Crippen LogP contribution in [0.2, 0.25) is 18.1 Å². The van der Waals surface area contributed by atoms with Crippen LogP contribution in [-0.4, -0.2) is 13.3 Å². The zero-order chi connectivity index (χ0) is 14.3. The summed E-state index contributed by atoms with van der Waals surface area (Å²) in [5.74, 6) is 0.919. The van der Waals surface area contributed by atoms with E-state index in [1.165, 1.54) is 8.96 Å². The van der Waals surface area contributed by atoms with E-state index in [-0.39, 0.29) is 5.04 Å². The summed E-state index contributed by atoms with van der Waals surface area (Å²) in [5, 5.41) is 1.36. The maximum Gasteiger partial charge on any atom is 0.250 e. The molecule has 0 saturated heterocycles. The van der Waals surface area contributed by atoms with Crippen LogP contribution in [0.3, 0.4) is 0 Å². The minimum absolute atomic E-state index is 0.192. The van der Waals surface area contributed by atoms with Gasteiger partial charge in [0.15, 0.2) is 0 Å². The lowest BCUT2D eigenvalue weighted by Gasteiger charge is -2.36. The Morgan fingerprint density at radius 1 is 1.16 bits per heavy atom. The molecule has 0 N–H and O–H groups in total. The number of aromatic nitrogens is 1. The van der Waals surface area contributed by atoms with Crippen molar-refractivity contribution < 1.29 is 4.43 Å². The van der Waals surface area contributed by atoms with Crippen LogP contribution >= 0.6 is 22.6 Å². The highest BCUT2D eigenvalue weighted by Crippen LogP contribution is 2.39. The fourth-order valence-electron chi connectivity index (χ4n) is 1.62. The molecule has 0 fully saturated rings. The second kappa shape index (κ2) is 5.05. The van der Waals surface area contributed by atoms with E-state index < -0.39 is 8.32 Å². The van der Waals surface area contributed by atoms with Crippen molar-refractivity contribution in [3.05, 3.63) is 34.0 Å². The minimum atomic E-state index is -1.82. The van der Waals surface area contributed by atoms with Gasteiger partial charge in [-0.05, 0) is 58.9 Å². The molecule has 0 unspecified atom stereocenters. The Bertz CT molecular complexity index is 605. The van der Waals surface area contributed by atoms with E-state index in [0.29, 0.717) is 0 Å². The summed E-state index contributed by atoms with van der Waals surface area (Å²) in [5.41, 5.74) is 0.972. The summed E-state index contributed by atoms with van der Waals surface area (Å²) in [4.78, 5) is 4.50. The van der Waals surface area contributed by atoms with Gasteiger partial charge in [-0.1, -0.05) is 26.8 Å². The number of benzene rings is 1. The number of pyridine rings is 1. The largest absolute Gasteiger partial charge is 0.542 e. The third-order valence-corrected chi connectivity index (χ3v) is 9.13. The Kier molecular flexibility index (Phi) is 3.93. The van der Waals surface area contributed by atoms with Crippen LogP contribution in [0.1, 0.15) is 20.8 Å². The normalized spacial score (nSPS) is 12.7. The predicted octanol–water partition coefficient (Wildman–Crippen LogP) is 5.22. The van der Waals surface area contributed by atoms with Crippen molar-refractivity contribution in [1.82, 2.24) is 4.98 Å². The number of nitrogens with zero attached hydrogens (tertiary/aromatic N) is 1. The number of halogens is 1. The summed E-state index contributed by atoms with van der Waals surface area (Å²) in [6.45, 7) is 11.3. The molecule has 1 aromatic carbocycles. The molecule has 0 amide bonds. The summed E-state index contributed by atoms with van der Waals surface area (Å²) in [6, 6.07) is 8.23. The molecule has 1 aromatic heterocycles. The van der Waals surface area contributed by atoms with E-state index in [1.807, 2.05) is 12.3 Å². The van der Waals surface area contributed by atoms with Gasteiger partial charge in [-0.2, -0.15) is 0 Å². The summed E-state index contributed by atoms with van der Waals surface area (Å²) >= 11 is 2.34. The average molecular weight is 385 g/mol. The van der Waals surface area contributed by atoms with Crippen molar-refractivity contribution in [2.24, 2.45) is 0 Å². The highest BCUT2D eigenvalue weighted by molar-refractivity contribution is 14.1. The molecular weight excluding hydrogens is 365 g/mol. The van der Waals surface area contributed by atoms with Gasteiger partial charge in [0.05, 0.1) is 0 Å². The molecule has 19 heavy (non-hydrogen) atoms. The van der Waals surface area contributed by atoms with Gasteiger partial charge in [-0.15, -0.1) is 0 Å². The predicted molar refractivity (Wildman–Crippen MR) is 92.3 cm³/mol. The maximum absolute atomic E-state index is 6.41. The standard InChI is InChI=1S/C15H20INOSi/c1-15(2,3)19(4,5)18-13-9-8-12(16)11-7-6-10-17-14(11)13/h6-10H,1-5H3. The fraction of sp³-hybridized carbons (Fsp3) is 0.400. The molecule has 4 heteroatoms. The highest BCUT2D eigenvalue weighted by Gasteiger charge is 2.39. The molecule has 0 radical (unpaired) electrons. The van der Waals surface area contributed by atoms with E-state index in [0.717, 1.165) is 11.3 Å². The second-order valence-electron chi connectivity index (χ2n) is 6.31. The third kappa shape index (κ3) is 2.94. The number of hydrogen-bond donors (Lipinski definition) is 0. The van der Waals surface area contributed by atoms with Crippen LogP contribution in [0.4, 0.5) is 0 Å². The van der Waals surface area contributed by atoms with Crippen molar-refractivity contribution in [2.75, 3.05) is 0 Å². The lowest BCUT2D eigenvalue weighted by Crippen LogP contribution is -2.43. The highest BCUT2D eigenvalue weighted by atomic mass is 127. The van der Waals surface area contributed by atoms with Crippen LogP contribution in [-0.2, 0) is 0 Å². The van der Waals surface area contributed by atoms with Crippen LogP contribution < -0.4 is 4.43 Å². The van der Waals surface area contributed by atoms with Gasteiger partial charge in [-0.3, -0.25) is 4.98 Å². The minimum Gasteiger partial charge on any atom is -0.542 e. The van der Waals surface area contributed by atoms with Crippen LogP contribution in [0.15, 0.2) is 30.5 Å². The average Bonchev–Trinajstić information content (AvgIpc) is 2.32. The van der Waals surface area contributed by atoms with Crippen molar-refractivity contribution in [3.63, 3.8) is 0 Å². The number of rotatable bonds is 2. The van der Waals surface area contributed by atoms with Crippen LogP contribution in [0.5, 0.6) is 5.75 Å². The first-order valence-corrected chi connectivity index (χ1v) is 10.4. The summed E-state index contributed by atoms with van der Waals surface area (Å²) < 4.78 is 7.62. The Morgan fingerprint density at radius 3 is 2.47 bits per heavy atom. The number of fused-ring (bicyclic) bond motifs is 1. The Morgan fingerprint density at radius 2 is 1.84 bits per heavy atom. The second-order valence-corrected chi connectivity index (χ2v) is 12.2. The summed E-state index contributed by atoms with van der Waals surface area (Å²) in [6.07, 6.45) is 1.83. The molecule has 102 valence electrons. The maximum atomic E-state index is 6.41. The van der Waals surface area contributed by atoms with Gasteiger partial charge in [0.2, 0.25) is 0 Å². The Labute approximate surface area is 129 Å². The van der Waals surface area contributed by atoms with Gasteiger partial charge in [-0.25, -0.2) is 0 Å². The lowest BCUT2D eigenvalue weighted by atomic mass is 10.2. The Balaban J connectivity index is 2.51. The third-order valence-electron chi connectivity index (χ3n) is 3.85. The molecule has 0 atom stereocenters. The van der Waals surface area contributed by atoms with Gasteiger partial charge in [0.1, 0.15) is 11.3 Å². The zero-order valence-corrected chi connectivity index (χ0v) is 15.3. The molecule has 2 nitrogen and oxygen atoms in total. The molecule has 0 saturated carbocycles. The van der Waals surface area contributed by atoms with E-state index in [1.54, 1.807) is 0 Å². The Hall–Kier alpha value is -0.623. The van der Waals surface area contributed by atoms with Gasteiger partial charge >= 0.3 is 0 Å². The summed E-state index contributed by atoms with van der Waals surface area (Å²) in [7, 11) is -1.82. The van der Waals surface area contributed by atoms with Crippen molar-refractivity contribution in [1.29, 1.82) is 0 Å². The molecular formula is C15H20INOSi. The molecule has 1 heterocycles. The fourth-order valence-corrected chi connectivity index (χ4v) is 3.26. The van der Waals surface area contributed by atoms with E-state index in [2.05, 4.69) is 79.6 Å². The van der Waals surface area contributed by atoms with Crippen LogP contribution in [0, 0.1) is 3.57 Å². The zero-order valence-electron chi connectivity index (χ0n) is 12.1. The van der Waals surface area contributed by atoms with E-state index >= 15 is 0 Å². The molecule has 2 rings (SSSR count). The van der Waals surface area contributed by atoms with E-state index in [4.69, 9.17) is 4.43 Å².